The molecule has 5 nitrogen and oxygen atoms in total. The smallest absolute Gasteiger partial charge is 0.254 e. The van der Waals surface area contributed by atoms with Crippen LogP contribution in [0.4, 0.5) is 0 Å². The number of nitrogens with two attached hydrogens (primary N) is 1. The molecule has 1 heterocycles. The van der Waals surface area contributed by atoms with Gasteiger partial charge >= 0.3 is 0 Å². The van der Waals surface area contributed by atoms with Crippen LogP contribution in [0.15, 0.2) is 30.5 Å². The molecule has 3 N–H and O–H groups in total. The van der Waals surface area contributed by atoms with E-state index >= 15 is 0 Å². The topological polar surface area (TPSA) is 72.9 Å². The second-order valence-electron chi connectivity index (χ2n) is 5.27. The fourth-order valence-electron chi connectivity index (χ4n) is 2.24. The number of rotatable bonds is 6. The quantitative estimate of drug-likeness (QED) is 0.835. The van der Waals surface area contributed by atoms with Gasteiger partial charge in [0, 0.05) is 17.6 Å². The Labute approximate surface area is 147 Å². The van der Waals surface area contributed by atoms with Gasteiger partial charge in [-0.2, -0.15) is 5.10 Å². The minimum absolute atomic E-state index is 0. The Bertz CT molecular complexity index is 655. The summed E-state index contributed by atoms with van der Waals surface area (Å²) in [6.45, 7) is 4.47. The van der Waals surface area contributed by atoms with Gasteiger partial charge in [-0.1, -0.05) is 24.6 Å². The molecule has 0 aliphatic rings. The van der Waals surface area contributed by atoms with Gasteiger partial charge in [0.2, 0.25) is 0 Å². The first-order valence-electron chi connectivity index (χ1n) is 7.39. The average Bonchev–Trinajstić information content (AvgIpc) is 2.90. The summed E-state index contributed by atoms with van der Waals surface area (Å²) in [6, 6.07) is 7.48. The largest absolute Gasteiger partial charge is 0.352 e. The molecule has 1 aromatic carbocycles. The standard InChI is InChI=1S/C16H21ClN4O.ClH/c1-3-15-14(16(22)19-8-7-11(2)18)10-20-21(15)13-6-4-5-12(17)9-13;/h4-6,9-11H,3,7-8,18H2,1-2H3,(H,19,22);1H. The molecule has 2 aromatic rings. The second-order valence-corrected chi connectivity index (χ2v) is 5.71. The molecule has 1 amide bonds. The van der Waals surface area contributed by atoms with Crippen LogP contribution in [-0.2, 0) is 6.42 Å². The third-order valence-corrected chi connectivity index (χ3v) is 3.62. The van der Waals surface area contributed by atoms with E-state index in [2.05, 4.69) is 10.4 Å². The van der Waals surface area contributed by atoms with Crippen molar-refractivity contribution >= 4 is 29.9 Å². The van der Waals surface area contributed by atoms with E-state index in [0.29, 0.717) is 23.6 Å². The average molecular weight is 357 g/mol. The zero-order valence-electron chi connectivity index (χ0n) is 13.3. The van der Waals surface area contributed by atoms with Crippen molar-refractivity contribution in [2.75, 3.05) is 6.54 Å². The van der Waals surface area contributed by atoms with Crippen LogP contribution in [0.3, 0.4) is 0 Å². The van der Waals surface area contributed by atoms with E-state index in [1.54, 1.807) is 10.9 Å². The number of benzene rings is 1. The van der Waals surface area contributed by atoms with Crippen LogP contribution in [0.5, 0.6) is 0 Å². The van der Waals surface area contributed by atoms with Gasteiger partial charge in [-0.05, 0) is 38.0 Å². The molecule has 0 aliphatic heterocycles. The zero-order valence-corrected chi connectivity index (χ0v) is 14.8. The predicted molar refractivity (Wildman–Crippen MR) is 95.8 cm³/mol. The summed E-state index contributed by atoms with van der Waals surface area (Å²) in [5, 5.41) is 7.85. The van der Waals surface area contributed by atoms with Crippen LogP contribution in [0.25, 0.3) is 5.69 Å². The molecule has 23 heavy (non-hydrogen) atoms. The molecule has 0 saturated carbocycles. The Morgan fingerprint density at radius 2 is 2.22 bits per heavy atom. The van der Waals surface area contributed by atoms with Crippen molar-refractivity contribution in [1.82, 2.24) is 15.1 Å². The number of amides is 1. The summed E-state index contributed by atoms with van der Waals surface area (Å²) in [5.74, 6) is -0.120. The molecule has 0 bridgehead atoms. The maximum Gasteiger partial charge on any atom is 0.254 e. The highest BCUT2D eigenvalue weighted by Crippen LogP contribution is 2.19. The molecule has 1 aromatic heterocycles. The number of halogens is 2. The summed E-state index contributed by atoms with van der Waals surface area (Å²) < 4.78 is 1.76. The van der Waals surface area contributed by atoms with Crippen molar-refractivity contribution in [3.63, 3.8) is 0 Å². The van der Waals surface area contributed by atoms with E-state index in [4.69, 9.17) is 17.3 Å². The van der Waals surface area contributed by atoms with Gasteiger partial charge in [0.15, 0.2) is 0 Å². The van der Waals surface area contributed by atoms with E-state index in [0.717, 1.165) is 17.8 Å². The van der Waals surface area contributed by atoms with Gasteiger partial charge in [0.05, 0.1) is 23.1 Å². The van der Waals surface area contributed by atoms with Crippen LogP contribution >= 0.6 is 24.0 Å². The Hall–Kier alpha value is -1.56. The van der Waals surface area contributed by atoms with Gasteiger partial charge < -0.3 is 11.1 Å². The van der Waals surface area contributed by atoms with Gasteiger partial charge in [-0.3, -0.25) is 4.79 Å². The molecular formula is C16H22Cl2N4O. The van der Waals surface area contributed by atoms with Crippen LogP contribution in [0.1, 0.15) is 36.3 Å². The van der Waals surface area contributed by atoms with E-state index in [1.165, 1.54) is 0 Å². The first kappa shape index (κ1) is 19.5. The molecule has 1 unspecified atom stereocenters. The lowest BCUT2D eigenvalue weighted by Crippen LogP contribution is -2.29. The molecule has 0 fully saturated rings. The lowest BCUT2D eigenvalue weighted by Gasteiger charge is -2.09. The van der Waals surface area contributed by atoms with Crippen molar-refractivity contribution in [2.45, 2.75) is 32.7 Å². The molecular weight excluding hydrogens is 335 g/mol. The molecule has 2 rings (SSSR count). The van der Waals surface area contributed by atoms with Crippen molar-refractivity contribution in [1.29, 1.82) is 0 Å². The van der Waals surface area contributed by atoms with Crippen molar-refractivity contribution in [3.8, 4) is 5.69 Å². The number of hydrogen-bond donors (Lipinski definition) is 2. The third kappa shape index (κ3) is 4.96. The minimum atomic E-state index is -0.120. The number of nitrogens with one attached hydrogen (secondary N) is 1. The van der Waals surface area contributed by atoms with Crippen LogP contribution in [0, 0.1) is 0 Å². The van der Waals surface area contributed by atoms with Crippen molar-refractivity contribution in [3.05, 3.63) is 46.7 Å². The molecule has 0 aliphatic carbocycles. The summed E-state index contributed by atoms with van der Waals surface area (Å²) in [4.78, 5) is 12.3. The normalized spacial score (nSPS) is 11.7. The zero-order chi connectivity index (χ0) is 16.1. The first-order valence-corrected chi connectivity index (χ1v) is 7.77. The second kappa shape index (κ2) is 8.91. The van der Waals surface area contributed by atoms with Crippen molar-refractivity contribution in [2.24, 2.45) is 5.73 Å². The maximum atomic E-state index is 12.3. The first-order chi connectivity index (χ1) is 10.5. The maximum absolute atomic E-state index is 12.3. The Balaban J connectivity index is 0.00000264. The monoisotopic (exact) mass is 356 g/mol. The number of aromatic nitrogens is 2. The summed E-state index contributed by atoms with van der Waals surface area (Å²) >= 11 is 6.03. The van der Waals surface area contributed by atoms with Gasteiger partial charge in [-0.15, -0.1) is 12.4 Å². The molecule has 126 valence electrons. The van der Waals surface area contributed by atoms with E-state index in [9.17, 15) is 4.79 Å². The highest BCUT2D eigenvalue weighted by molar-refractivity contribution is 6.30. The molecule has 7 heteroatoms. The Kier molecular flexibility index (Phi) is 7.55. The number of nitrogens with zero attached hydrogens (tertiary/aromatic N) is 2. The Morgan fingerprint density at radius 1 is 1.48 bits per heavy atom. The summed E-state index contributed by atoms with van der Waals surface area (Å²) in [5.41, 5.74) is 7.99. The van der Waals surface area contributed by atoms with Gasteiger partial charge in [0.25, 0.3) is 5.91 Å². The fraction of sp³-hybridized carbons (Fsp3) is 0.375. The molecule has 0 radical (unpaired) electrons. The van der Waals surface area contributed by atoms with Crippen LogP contribution in [0.2, 0.25) is 5.02 Å². The van der Waals surface area contributed by atoms with E-state index < -0.39 is 0 Å². The number of carbonyl (C=O) groups is 1. The number of hydrogen-bond acceptors (Lipinski definition) is 3. The summed E-state index contributed by atoms with van der Waals surface area (Å²) in [6.07, 6.45) is 3.04. The molecule has 0 spiro atoms. The summed E-state index contributed by atoms with van der Waals surface area (Å²) in [7, 11) is 0. The highest BCUT2D eigenvalue weighted by Gasteiger charge is 2.17. The van der Waals surface area contributed by atoms with Gasteiger partial charge in [-0.25, -0.2) is 4.68 Å². The van der Waals surface area contributed by atoms with Crippen LogP contribution in [-0.4, -0.2) is 28.3 Å². The minimum Gasteiger partial charge on any atom is -0.352 e. The third-order valence-electron chi connectivity index (χ3n) is 3.39. The SMILES string of the molecule is CCc1c(C(=O)NCCC(C)N)cnn1-c1cccc(Cl)c1.Cl. The van der Waals surface area contributed by atoms with E-state index in [1.807, 2.05) is 38.1 Å². The lowest BCUT2D eigenvalue weighted by atomic mass is 10.1. The van der Waals surface area contributed by atoms with Crippen molar-refractivity contribution < 1.29 is 4.79 Å². The van der Waals surface area contributed by atoms with Gasteiger partial charge in [0.1, 0.15) is 0 Å². The Morgan fingerprint density at radius 3 is 2.83 bits per heavy atom. The van der Waals surface area contributed by atoms with Crippen LogP contribution < -0.4 is 11.1 Å². The lowest BCUT2D eigenvalue weighted by molar-refractivity contribution is 0.0952. The fourth-order valence-corrected chi connectivity index (χ4v) is 2.43. The van der Waals surface area contributed by atoms with E-state index in [-0.39, 0.29) is 24.4 Å². The number of carbonyl (C=O) groups excluding carboxylic acids is 1. The predicted octanol–water partition coefficient (Wildman–Crippen LogP) is 2.98. The molecule has 1 atom stereocenters. The molecule has 0 saturated heterocycles. The highest BCUT2D eigenvalue weighted by atomic mass is 35.5.